The molecule has 0 fully saturated rings. The highest BCUT2D eigenvalue weighted by molar-refractivity contribution is 6.30. The smallest absolute Gasteiger partial charge is 0.305 e. The number of hydrogen-bond acceptors (Lipinski definition) is 2. The molecular formula is C19H17ClN2O2. The molecule has 0 aliphatic carbocycles. The van der Waals surface area contributed by atoms with E-state index in [4.69, 9.17) is 11.6 Å². The molecule has 0 saturated carbocycles. The lowest BCUT2D eigenvalue weighted by molar-refractivity contribution is 0.715. The van der Waals surface area contributed by atoms with Crippen LogP contribution in [-0.2, 0) is 6.54 Å². The lowest BCUT2D eigenvalue weighted by Crippen LogP contribution is -2.40. The van der Waals surface area contributed by atoms with E-state index in [1.165, 1.54) is 9.13 Å². The summed E-state index contributed by atoms with van der Waals surface area (Å²) in [5.41, 5.74) is 2.73. The van der Waals surface area contributed by atoms with Gasteiger partial charge < -0.3 is 4.57 Å². The van der Waals surface area contributed by atoms with Crippen molar-refractivity contribution in [1.29, 1.82) is 0 Å². The predicted octanol–water partition coefficient (Wildman–Crippen LogP) is 3.32. The first kappa shape index (κ1) is 16.3. The summed E-state index contributed by atoms with van der Waals surface area (Å²) >= 11 is 5.86. The maximum atomic E-state index is 12.4. The summed E-state index contributed by atoms with van der Waals surface area (Å²) in [6, 6.07) is 12.9. The van der Waals surface area contributed by atoms with E-state index in [-0.39, 0.29) is 0 Å². The van der Waals surface area contributed by atoms with Crippen LogP contribution in [0, 0.1) is 13.8 Å². The molecule has 0 N–H and O–H groups in total. The Balaban J connectivity index is 2.02. The summed E-state index contributed by atoms with van der Waals surface area (Å²) < 4.78 is 2.77. The monoisotopic (exact) mass is 340 g/mol. The van der Waals surface area contributed by atoms with Crippen LogP contribution in [0.5, 0.6) is 0 Å². The van der Waals surface area contributed by atoms with Crippen molar-refractivity contribution < 1.29 is 0 Å². The van der Waals surface area contributed by atoms with Gasteiger partial charge in [-0.3, -0.25) is 14.2 Å². The number of hydrogen-bond donors (Lipinski definition) is 0. The molecule has 24 heavy (non-hydrogen) atoms. The van der Waals surface area contributed by atoms with Crippen molar-refractivity contribution in [2.45, 2.75) is 20.4 Å². The van der Waals surface area contributed by atoms with Crippen LogP contribution in [0.15, 0.2) is 64.4 Å². The van der Waals surface area contributed by atoms with Crippen molar-refractivity contribution in [2.75, 3.05) is 0 Å². The molecule has 0 amide bonds. The van der Waals surface area contributed by atoms with Gasteiger partial charge >= 0.3 is 11.1 Å². The van der Waals surface area contributed by atoms with Crippen LogP contribution in [-0.4, -0.2) is 9.13 Å². The maximum Gasteiger partial charge on any atom is 0.320 e. The van der Waals surface area contributed by atoms with Crippen LogP contribution < -0.4 is 11.1 Å². The van der Waals surface area contributed by atoms with E-state index < -0.39 is 11.1 Å². The van der Waals surface area contributed by atoms with Crippen LogP contribution in [0.4, 0.5) is 0 Å². The van der Waals surface area contributed by atoms with E-state index >= 15 is 0 Å². The fourth-order valence-electron chi connectivity index (χ4n) is 2.59. The predicted molar refractivity (Wildman–Crippen MR) is 96.3 cm³/mol. The van der Waals surface area contributed by atoms with Gasteiger partial charge in [-0.15, -0.1) is 0 Å². The van der Waals surface area contributed by atoms with Crippen molar-refractivity contribution in [2.24, 2.45) is 0 Å². The fourth-order valence-corrected chi connectivity index (χ4v) is 2.72. The third-order valence-corrected chi connectivity index (χ3v) is 4.26. The lowest BCUT2D eigenvalue weighted by Gasteiger charge is -2.11. The van der Waals surface area contributed by atoms with Crippen LogP contribution in [0.2, 0.25) is 5.02 Å². The minimum atomic E-state index is -0.579. The molecule has 2 aromatic carbocycles. The summed E-state index contributed by atoms with van der Waals surface area (Å²) in [6.07, 6.45) is 3.25. The van der Waals surface area contributed by atoms with Gasteiger partial charge in [0.2, 0.25) is 0 Å². The molecule has 4 nitrogen and oxygen atoms in total. The number of halogens is 1. The Labute approximate surface area is 144 Å². The Kier molecular flexibility index (Phi) is 4.40. The average Bonchev–Trinajstić information content (AvgIpc) is 2.56. The molecule has 122 valence electrons. The first-order valence-corrected chi connectivity index (χ1v) is 7.97. The molecule has 0 aliphatic rings. The topological polar surface area (TPSA) is 44.0 Å². The first-order valence-electron chi connectivity index (χ1n) is 7.60. The molecule has 0 unspecified atom stereocenters. The van der Waals surface area contributed by atoms with Gasteiger partial charge in [0.25, 0.3) is 0 Å². The quantitative estimate of drug-likeness (QED) is 0.686. The zero-order valence-electron chi connectivity index (χ0n) is 13.5. The van der Waals surface area contributed by atoms with E-state index in [1.54, 1.807) is 36.7 Å². The third kappa shape index (κ3) is 3.19. The molecular weight excluding hydrogens is 324 g/mol. The van der Waals surface area contributed by atoms with Gasteiger partial charge in [-0.25, -0.2) is 0 Å². The average molecular weight is 341 g/mol. The summed E-state index contributed by atoms with van der Waals surface area (Å²) in [5, 5.41) is 0.579. The molecule has 1 aromatic heterocycles. The standard InChI is InChI=1S/C19H17ClN2O2/c1-13-3-4-14(2)15(11-13)12-21-9-10-22(19(24)18(21)23)17-7-5-16(20)6-8-17/h3-11H,12H2,1-2H3. The van der Waals surface area contributed by atoms with E-state index in [9.17, 15) is 9.59 Å². The van der Waals surface area contributed by atoms with Gasteiger partial charge in [-0.2, -0.15) is 0 Å². The molecule has 0 bridgehead atoms. The molecule has 0 aliphatic heterocycles. The SMILES string of the molecule is Cc1ccc(C)c(Cn2ccn(-c3ccc(Cl)cc3)c(=O)c2=O)c1. The zero-order chi connectivity index (χ0) is 17.3. The third-order valence-electron chi connectivity index (χ3n) is 4.01. The van der Waals surface area contributed by atoms with E-state index in [2.05, 4.69) is 0 Å². The number of nitrogens with zero attached hydrogens (tertiary/aromatic N) is 2. The second kappa shape index (κ2) is 6.49. The summed E-state index contributed by atoms with van der Waals surface area (Å²) in [6.45, 7) is 4.38. The fraction of sp³-hybridized carbons (Fsp3) is 0.158. The molecule has 3 rings (SSSR count). The molecule has 3 aromatic rings. The summed E-state index contributed by atoms with van der Waals surface area (Å²) in [7, 11) is 0. The molecule has 5 heteroatoms. The van der Waals surface area contributed by atoms with Crippen LogP contribution in [0.25, 0.3) is 5.69 Å². The van der Waals surface area contributed by atoms with Crippen molar-refractivity contribution in [3.05, 3.63) is 97.3 Å². The number of benzene rings is 2. The van der Waals surface area contributed by atoms with Gasteiger partial charge in [-0.05, 0) is 49.2 Å². The van der Waals surface area contributed by atoms with Gasteiger partial charge in [0, 0.05) is 23.1 Å². The van der Waals surface area contributed by atoms with Crippen molar-refractivity contribution >= 4 is 11.6 Å². The minimum Gasteiger partial charge on any atom is -0.305 e. The van der Waals surface area contributed by atoms with Crippen molar-refractivity contribution in [3.8, 4) is 5.69 Å². The van der Waals surface area contributed by atoms with Crippen LogP contribution in [0.1, 0.15) is 16.7 Å². The molecule has 1 heterocycles. The zero-order valence-corrected chi connectivity index (χ0v) is 14.2. The van der Waals surface area contributed by atoms with Gasteiger partial charge in [-0.1, -0.05) is 35.4 Å². The Morgan fingerprint density at radius 1 is 0.917 bits per heavy atom. The van der Waals surface area contributed by atoms with Gasteiger partial charge in [0.05, 0.1) is 6.54 Å². The van der Waals surface area contributed by atoms with Gasteiger partial charge in [0.1, 0.15) is 0 Å². The molecule has 0 radical (unpaired) electrons. The van der Waals surface area contributed by atoms with E-state index in [0.29, 0.717) is 17.3 Å². The van der Waals surface area contributed by atoms with E-state index in [1.807, 2.05) is 32.0 Å². The van der Waals surface area contributed by atoms with Gasteiger partial charge in [0.15, 0.2) is 0 Å². The van der Waals surface area contributed by atoms with Crippen LogP contribution >= 0.6 is 11.6 Å². The summed E-state index contributed by atoms with van der Waals surface area (Å²) in [4.78, 5) is 24.8. The Morgan fingerprint density at radius 2 is 1.62 bits per heavy atom. The van der Waals surface area contributed by atoms with Crippen molar-refractivity contribution in [1.82, 2.24) is 9.13 Å². The summed E-state index contributed by atoms with van der Waals surface area (Å²) in [5.74, 6) is 0. The highest BCUT2D eigenvalue weighted by atomic mass is 35.5. The van der Waals surface area contributed by atoms with Crippen LogP contribution in [0.3, 0.4) is 0 Å². The highest BCUT2D eigenvalue weighted by Crippen LogP contribution is 2.13. The normalized spacial score (nSPS) is 10.8. The Hall–Kier alpha value is -2.59. The number of aryl methyl sites for hydroxylation is 2. The second-order valence-corrected chi connectivity index (χ2v) is 6.25. The Morgan fingerprint density at radius 3 is 2.33 bits per heavy atom. The van der Waals surface area contributed by atoms with E-state index in [0.717, 1.165) is 16.7 Å². The molecule has 0 atom stereocenters. The minimum absolute atomic E-state index is 0.378. The number of rotatable bonds is 3. The molecule has 0 spiro atoms. The Bertz CT molecular complexity index is 1000. The highest BCUT2D eigenvalue weighted by Gasteiger charge is 2.08. The molecule has 0 saturated heterocycles. The number of aromatic nitrogens is 2. The first-order chi connectivity index (χ1) is 11.5. The maximum absolute atomic E-state index is 12.4. The lowest BCUT2D eigenvalue weighted by atomic mass is 10.1. The largest absolute Gasteiger partial charge is 0.320 e. The second-order valence-electron chi connectivity index (χ2n) is 5.81. The van der Waals surface area contributed by atoms with Crippen molar-refractivity contribution in [3.63, 3.8) is 0 Å².